The van der Waals surface area contributed by atoms with Gasteiger partial charge in [0.05, 0.1) is 10.8 Å². The molecule has 1 amide bonds. The first kappa shape index (κ1) is 19.3. The molecule has 6 nitrogen and oxygen atoms in total. The predicted molar refractivity (Wildman–Crippen MR) is 96.5 cm³/mol. The van der Waals surface area contributed by atoms with Crippen molar-refractivity contribution >= 4 is 15.9 Å². The molecule has 144 valence electrons. The Morgan fingerprint density at radius 3 is 2.42 bits per heavy atom. The lowest BCUT2D eigenvalue weighted by molar-refractivity contribution is -0.127. The van der Waals surface area contributed by atoms with Gasteiger partial charge in [-0.25, -0.2) is 12.8 Å². The lowest BCUT2D eigenvalue weighted by Gasteiger charge is -2.34. The van der Waals surface area contributed by atoms with Gasteiger partial charge in [-0.2, -0.15) is 4.31 Å². The number of halogens is 1. The van der Waals surface area contributed by atoms with E-state index in [1.807, 2.05) is 0 Å². The smallest absolute Gasteiger partial charge is 0.243 e. The van der Waals surface area contributed by atoms with Crippen molar-refractivity contribution in [2.24, 2.45) is 5.92 Å². The molecule has 2 aliphatic rings. The van der Waals surface area contributed by atoms with Gasteiger partial charge in [-0.1, -0.05) is 0 Å². The van der Waals surface area contributed by atoms with Gasteiger partial charge in [-0.3, -0.25) is 4.79 Å². The SMILES string of the molecule is CN1CCC(NC(=O)[C@@H]2CCCN(S(=O)(=O)c3ccc(F)cc3)C2)CC1. The fourth-order valence-corrected chi connectivity index (χ4v) is 5.13. The zero-order valence-electron chi connectivity index (χ0n) is 15.0. The van der Waals surface area contributed by atoms with Gasteiger partial charge in [-0.15, -0.1) is 0 Å². The van der Waals surface area contributed by atoms with Crippen LogP contribution in [0.1, 0.15) is 25.7 Å². The normalized spacial score (nSPS) is 23.7. The Morgan fingerprint density at radius 1 is 1.12 bits per heavy atom. The van der Waals surface area contributed by atoms with Crippen molar-refractivity contribution in [3.8, 4) is 0 Å². The number of benzene rings is 1. The lowest BCUT2D eigenvalue weighted by Crippen LogP contribution is -2.49. The Balaban J connectivity index is 1.63. The summed E-state index contributed by atoms with van der Waals surface area (Å²) >= 11 is 0. The first-order valence-electron chi connectivity index (χ1n) is 9.11. The van der Waals surface area contributed by atoms with E-state index in [0.717, 1.165) is 38.1 Å². The number of piperidine rings is 2. The number of amides is 1. The molecule has 2 heterocycles. The van der Waals surface area contributed by atoms with E-state index < -0.39 is 15.8 Å². The van der Waals surface area contributed by atoms with Crippen LogP contribution in [-0.4, -0.2) is 62.8 Å². The maximum absolute atomic E-state index is 13.1. The molecule has 1 N–H and O–H groups in total. The maximum atomic E-state index is 13.1. The second-order valence-corrected chi connectivity index (χ2v) is 9.18. The summed E-state index contributed by atoms with van der Waals surface area (Å²) in [5, 5.41) is 3.09. The van der Waals surface area contributed by atoms with Gasteiger partial charge in [0, 0.05) is 19.1 Å². The third-order valence-corrected chi connectivity index (χ3v) is 7.15. The van der Waals surface area contributed by atoms with Crippen LogP contribution >= 0.6 is 0 Å². The molecule has 2 fully saturated rings. The quantitative estimate of drug-likeness (QED) is 0.854. The van der Waals surface area contributed by atoms with E-state index in [9.17, 15) is 17.6 Å². The molecule has 0 saturated carbocycles. The van der Waals surface area contributed by atoms with Crippen LogP contribution in [0, 0.1) is 11.7 Å². The van der Waals surface area contributed by atoms with Crippen molar-refractivity contribution < 1.29 is 17.6 Å². The Hall–Kier alpha value is -1.51. The summed E-state index contributed by atoms with van der Waals surface area (Å²) in [6.45, 7) is 2.48. The summed E-state index contributed by atoms with van der Waals surface area (Å²) in [6, 6.07) is 4.99. The molecule has 2 saturated heterocycles. The molecule has 2 aliphatic heterocycles. The summed E-state index contributed by atoms with van der Waals surface area (Å²) in [4.78, 5) is 14.9. The van der Waals surface area contributed by atoms with Gasteiger partial charge in [-0.05, 0) is 70.1 Å². The molecule has 0 radical (unpaired) electrons. The zero-order chi connectivity index (χ0) is 18.7. The molecule has 3 rings (SSSR count). The van der Waals surface area contributed by atoms with Crippen LogP contribution in [0.3, 0.4) is 0 Å². The summed E-state index contributed by atoms with van der Waals surface area (Å²) in [5.41, 5.74) is 0. The monoisotopic (exact) mass is 383 g/mol. The number of carbonyl (C=O) groups excluding carboxylic acids is 1. The van der Waals surface area contributed by atoms with Crippen molar-refractivity contribution in [2.75, 3.05) is 33.2 Å². The van der Waals surface area contributed by atoms with Gasteiger partial charge in [0.15, 0.2) is 0 Å². The molecule has 1 aromatic carbocycles. The molecule has 8 heteroatoms. The number of nitrogens with one attached hydrogen (secondary N) is 1. The maximum Gasteiger partial charge on any atom is 0.243 e. The van der Waals surface area contributed by atoms with Crippen LogP contribution in [0.25, 0.3) is 0 Å². The molecule has 0 unspecified atom stereocenters. The van der Waals surface area contributed by atoms with E-state index in [1.54, 1.807) is 0 Å². The largest absolute Gasteiger partial charge is 0.353 e. The van der Waals surface area contributed by atoms with E-state index in [1.165, 1.54) is 16.4 Å². The minimum absolute atomic E-state index is 0.0569. The number of hydrogen-bond acceptors (Lipinski definition) is 4. The molecular formula is C18H26FN3O3S. The predicted octanol–water partition coefficient (Wildman–Crippen LogP) is 1.44. The highest BCUT2D eigenvalue weighted by atomic mass is 32.2. The Labute approximate surface area is 154 Å². The fraction of sp³-hybridized carbons (Fsp3) is 0.611. The molecule has 0 aliphatic carbocycles. The van der Waals surface area contributed by atoms with Crippen LogP contribution in [-0.2, 0) is 14.8 Å². The molecule has 1 atom stereocenters. The second-order valence-electron chi connectivity index (χ2n) is 7.24. The number of carbonyl (C=O) groups is 1. The first-order chi connectivity index (χ1) is 12.4. The van der Waals surface area contributed by atoms with Crippen LogP contribution < -0.4 is 5.32 Å². The van der Waals surface area contributed by atoms with E-state index in [0.29, 0.717) is 19.4 Å². The van der Waals surface area contributed by atoms with E-state index >= 15 is 0 Å². The minimum atomic E-state index is -3.71. The van der Waals surface area contributed by atoms with Crippen LogP contribution in [0.5, 0.6) is 0 Å². The van der Waals surface area contributed by atoms with Gasteiger partial charge < -0.3 is 10.2 Å². The van der Waals surface area contributed by atoms with Gasteiger partial charge in [0.2, 0.25) is 15.9 Å². The number of hydrogen-bond donors (Lipinski definition) is 1. The zero-order valence-corrected chi connectivity index (χ0v) is 15.8. The third-order valence-electron chi connectivity index (χ3n) is 5.27. The number of nitrogens with zero attached hydrogens (tertiary/aromatic N) is 2. The van der Waals surface area contributed by atoms with Crippen molar-refractivity contribution in [3.05, 3.63) is 30.1 Å². The molecular weight excluding hydrogens is 357 g/mol. The molecule has 0 aromatic heterocycles. The van der Waals surface area contributed by atoms with Crippen LogP contribution in [0.15, 0.2) is 29.2 Å². The average Bonchev–Trinajstić information content (AvgIpc) is 2.64. The highest BCUT2D eigenvalue weighted by Crippen LogP contribution is 2.24. The van der Waals surface area contributed by atoms with E-state index in [4.69, 9.17) is 0 Å². The van der Waals surface area contributed by atoms with Crippen LogP contribution in [0.2, 0.25) is 0 Å². The number of likely N-dealkylation sites (tertiary alicyclic amines) is 1. The summed E-state index contributed by atoms with van der Waals surface area (Å²) in [6.07, 6.45) is 3.18. The summed E-state index contributed by atoms with van der Waals surface area (Å²) < 4.78 is 39.9. The fourth-order valence-electron chi connectivity index (χ4n) is 3.60. The molecule has 0 bridgehead atoms. The summed E-state index contributed by atoms with van der Waals surface area (Å²) in [5.74, 6) is -0.866. The molecule has 0 spiro atoms. The standard InChI is InChI=1S/C18H26FN3O3S/c1-21-11-8-16(9-12-21)20-18(23)14-3-2-10-22(13-14)26(24,25)17-6-4-15(19)5-7-17/h4-7,14,16H,2-3,8-13H2,1H3,(H,20,23)/t14-/m1/s1. The third kappa shape index (κ3) is 4.42. The minimum Gasteiger partial charge on any atom is -0.353 e. The van der Waals surface area contributed by atoms with Crippen molar-refractivity contribution in [1.29, 1.82) is 0 Å². The van der Waals surface area contributed by atoms with Crippen molar-refractivity contribution in [3.63, 3.8) is 0 Å². The summed E-state index contributed by atoms with van der Waals surface area (Å²) in [7, 11) is -1.64. The first-order valence-corrected chi connectivity index (χ1v) is 10.5. The van der Waals surface area contributed by atoms with Crippen molar-refractivity contribution in [1.82, 2.24) is 14.5 Å². The van der Waals surface area contributed by atoms with Gasteiger partial charge in [0.25, 0.3) is 0 Å². The highest BCUT2D eigenvalue weighted by molar-refractivity contribution is 7.89. The number of sulfonamides is 1. The van der Waals surface area contributed by atoms with Crippen LogP contribution in [0.4, 0.5) is 4.39 Å². The van der Waals surface area contributed by atoms with Gasteiger partial charge in [0.1, 0.15) is 5.82 Å². The van der Waals surface area contributed by atoms with Crippen molar-refractivity contribution in [2.45, 2.75) is 36.6 Å². The molecule has 26 heavy (non-hydrogen) atoms. The van der Waals surface area contributed by atoms with E-state index in [2.05, 4.69) is 17.3 Å². The second kappa shape index (κ2) is 8.02. The van der Waals surface area contributed by atoms with Gasteiger partial charge >= 0.3 is 0 Å². The van der Waals surface area contributed by atoms with E-state index in [-0.39, 0.29) is 29.3 Å². The highest BCUT2D eigenvalue weighted by Gasteiger charge is 2.34. The Bertz CT molecular complexity index is 731. The molecule has 1 aromatic rings. The topological polar surface area (TPSA) is 69.7 Å². The Kier molecular flexibility index (Phi) is 5.94. The number of rotatable bonds is 4. The average molecular weight is 383 g/mol. The Morgan fingerprint density at radius 2 is 1.77 bits per heavy atom. The lowest BCUT2D eigenvalue weighted by atomic mass is 9.97.